The molecule has 0 fully saturated rings. The van der Waals surface area contributed by atoms with Gasteiger partial charge in [-0.25, -0.2) is 4.79 Å². The maximum absolute atomic E-state index is 11.5. The topological polar surface area (TPSA) is 52.6 Å². The van der Waals surface area contributed by atoms with Crippen molar-refractivity contribution in [2.45, 2.75) is 26.4 Å². The third-order valence-corrected chi connectivity index (χ3v) is 2.14. The summed E-state index contributed by atoms with van der Waals surface area (Å²) in [5, 5.41) is 0. The van der Waals surface area contributed by atoms with Crippen molar-refractivity contribution in [3.63, 3.8) is 0 Å². The molecule has 0 saturated carbocycles. The molecule has 4 nitrogen and oxygen atoms in total. The van der Waals surface area contributed by atoms with Crippen LogP contribution >= 0.6 is 15.9 Å². The maximum atomic E-state index is 11.5. The van der Waals surface area contributed by atoms with Gasteiger partial charge in [-0.15, -0.1) is 0 Å². The fourth-order valence-corrected chi connectivity index (χ4v) is 1.24. The number of carbonyl (C=O) groups excluding carboxylic acids is 1. The molecular weight excluding hydrogens is 288 g/mol. The van der Waals surface area contributed by atoms with Crippen molar-refractivity contribution in [3.8, 4) is 5.75 Å². The van der Waals surface area contributed by atoms with Crippen molar-refractivity contribution in [1.29, 1.82) is 0 Å². The summed E-state index contributed by atoms with van der Waals surface area (Å²) in [5.41, 5.74) is -1.04. The molecule has 0 saturated heterocycles. The molecule has 0 bridgehead atoms. The molecule has 0 amide bonds. The average molecular weight is 301 g/mol. The predicted molar refractivity (Wildman–Crippen MR) is 67.3 cm³/mol. The number of halogens is 1. The van der Waals surface area contributed by atoms with E-state index in [1.807, 2.05) is 0 Å². The molecule has 0 aliphatic heterocycles. The first-order valence-corrected chi connectivity index (χ1v) is 5.78. The molecule has 0 aliphatic carbocycles. The Kier molecular flexibility index (Phi) is 4.28. The van der Waals surface area contributed by atoms with E-state index >= 15 is 0 Å². The SMILES string of the molecule is CC(C)(C)OC(=O)Oc1ccc(Br)ccc1=O. The van der Waals surface area contributed by atoms with E-state index in [4.69, 9.17) is 9.47 Å². The Bertz CT molecular complexity index is 477. The van der Waals surface area contributed by atoms with Gasteiger partial charge in [-0.05, 0) is 45.0 Å². The van der Waals surface area contributed by atoms with E-state index in [0.717, 1.165) is 0 Å². The van der Waals surface area contributed by atoms with Gasteiger partial charge in [0.2, 0.25) is 5.43 Å². The minimum atomic E-state index is -0.892. The third-order valence-electron chi connectivity index (χ3n) is 1.61. The Labute approximate surface area is 108 Å². The molecule has 0 radical (unpaired) electrons. The third kappa shape index (κ3) is 4.99. The van der Waals surface area contributed by atoms with Crippen LogP contribution in [0.15, 0.2) is 33.5 Å². The first kappa shape index (κ1) is 13.7. The lowest BCUT2D eigenvalue weighted by Crippen LogP contribution is -2.26. The van der Waals surface area contributed by atoms with Crippen molar-refractivity contribution in [1.82, 2.24) is 0 Å². The van der Waals surface area contributed by atoms with Gasteiger partial charge >= 0.3 is 6.16 Å². The lowest BCUT2D eigenvalue weighted by Gasteiger charge is -2.18. The van der Waals surface area contributed by atoms with Crippen LogP contribution in [0.25, 0.3) is 0 Å². The Morgan fingerprint density at radius 2 is 1.76 bits per heavy atom. The summed E-state index contributed by atoms with van der Waals surface area (Å²) < 4.78 is 10.5. The van der Waals surface area contributed by atoms with Crippen LogP contribution in [-0.2, 0) is 4.74 Å². The minimum Gasteiger partial charge on any atom is -0.428 e. The van der Waals surface area contributed by atoms with Gasteiger partial charge in [-0.2, -0.15) is 0 Å². The lowest BCUT2D eigenvalue weighted by atomic mass is 10.2. The van der Waals surface area contributed by atoms with Gasteiger partial charge < -0.3 is 9.47 Å². The van der Waals surface area contributed by atoms with Crippen LogP contribution in [0.1, 0.15) is 20.8 Å². The summed E-state index contributed by atoms with van der Waals surface area (Å²) in [6.45, 7) is 5.15. The number of ether oxygens (including phenoxy) is 2. The van der Waals surface area contributed by atoms with Gasteiger partial charge in [-0.3, -0.25) is 4.79 Å². The smallest absolute Gasteiger partial charge is 0.428 e. The maximum Gasteiger partial charge on any atom is 0.514 e. The van der Waals surface area contributed by atoms with Gasteiger partial charge in [0.05, 0.1) is 0 Å². The summed E-state index contributed by atoms with van der Waals surface area (Å²) in [6, 6.07) is 5.91. The molecule has 1 aromatic carbocycles. The van der Waals surface area contributed by atoms with Crippen molar-refractivity contribution in [2.24, 2.45) is 0 Å². The minimum absolute atomic E-state index is 0.0649. The summed E-state index contributed by atoms with van der Waals surface area (Å²) >= 11 is 3.21. The van der Waals surface area contributed by atoms with Crippen LogP contribution in [0.3, 0.4) is 0 Å². The van der Waals surface area contributed by atoms with Gasteiger partial charge in [0.15, 0.2) is 5.75 Å². The molecule has 5 heteroatoms. The molecule has 0 aliphatic rings. The average Bonchev–Trinajstić information content (AvgIpc) is 2.30. The molecule has 17 heavy (non-hydrogen) atoms. The number of hydrogen-bond acceptors (Lipinski definition) is 4. The van der Waals surface area contributed by atoms with E-state index in [-0.39, 0.29) is 11.2 Å². The fourth-order valence-electron chi connectivity index (χ4n) is 0.975. The zero-order valence-electron chi connectivity index (χ0n) is 9.82. The Balaban J connectivity index is 2.87. The van der Waals surface area contributed by atoms with Crippen LogP contribution in [0.2, 0.25) is 0 Å². The molecular formula is C12H13BrO4. The van der Waals surface area contributed by atoms with Crippen LogP contribution < -0.4 is 10.2 Å². The first-order chi connectivity index (χ1) is 7.78. The summed E-state index contributed by atoms with van der Waals surface area (Å²) in [6.07, 6.45) is -0.892. The van der Waals surface area contributed by atoms with Crippen LogP contribution in [0.4, 0.5) is 4.79 Å². The second-order valence-corrected chi connectivity index (χ2v) is 5.26. The first-order valence-electron chi connectivity index (χ1n) is 4.99. The Morgan fingerprint density at radius 1 is 1.18 bits per heavy atom. The second-order valence-electron chi connectivity index (χ2n) is 4.35. The van der Waals surface area contributed by atoms with Crippen molar-refractivity contribution < 1.29 is 14.3 Å². The normalized spacial score (nSPS) is 10.8. The quantitative estimate of drug-likeness (QED) is 0.748. The molecule has 0 aromatic heterocycles. The number of carbonyl (C=O) groups is 1. The largest absolute Gasteiger partial charge is 0.514 e. The van der Waals surface area contributed by atoms with E-state index in [1.165, 1.54) is 12.1 Å². The van der Waals surface area contributed by atoms with Crippen molar-refractivity contribution in [2.75, 3.05) is 0 Å². The zero-order valence-corrected chi connectivity index (χ0v) is 11.4. The van der Waals surface area contributed by atoms with Gasteiger partial charge in [0.1, 0.15) is 5.60 Å². The monoisotopic (exact) mass is 300 g/mol. The summed E-state index contributed by atoms with van der Waals surface area (Å²) in [4.78, 5) is 22.9. The van der Waals surface area contributed by atoms with E-state index in [2.05, 4.69) is 15.9 Å². The highest BCUT2D eigenvalue weighted by atomic mass is 79.9. The molecule has 0 unspecified atom stereocenters. The van der Waals surface area contributed by atoms with Crippen molar-refractivity contribution >= 4 is 22.1 Å². The van der Waals surface area contributed by atoms with Gasteiger partial charge in [0.25, 0.3) is 0 Å². The molecule has 0 spiro atoms. The molecule has 0 atom stereocenters. The summed E-state index contributed by atoms with van der Waals surface area (Å²) in [5.74, 6) is -0.0649. The molecule has 0 N–H and O–H groups in total. The number of hydrogen-bond donors (Lipinski definition) is 0. The van der Waals surface area contributed by atoms with Gasteiger partial charge in [-0.1, -0.05) is 15.9 Å². The fraction of sp³-hybridized carbons (Fsp3) is 0.333. The molecule has 0 heterocycles. The molecule has 1 aromatic rings. The lowest BCUT2D eigenvalue weighted by molar-refractivity contribution is 0.0204. The highest BCUT2D eigenvalue weighted by Crippen LogP contribution is 2.12. The highest BCUT2D eigenvalue weighted by Gasteiger charge is 2.18. The van der Waals surface area contributed by atoms with Crippen LogP contribution in [0, 0.1) is 0 Å². The van der Waals surface area contributed by atoms with Crippen LogP contribution in [-0.4, -0.2) is 11.8 Å². The van der Waals surface area contributed by atoms with E-state index < -0.39 is 11.8 Å². The standard InChI is InChI=1S/C12H13BrO4/c1-12(2,3)17-11(15)16-10-7-5-8(13)4-6-9(10)14/h4-7H,1-3H3. The zero-order chi connectivity index (χ0) is 13.1. The molecule has 1 rings (SSSR count). The molecule has 92 valence electrons. The second kappa shape index (κ2) is 5.31. The van der Waals surface area contributed by atoms with E-state index in [0.29, 0.717) is 4.47 Å². The highest BCUT2D eigenvalue weighted by molar-refractivity contribution is 9.10. The summed E-state index contributed by atoms with van der Waals surface area (Å²) in [7, 11) is 0. The Hall–Kier alpha value is -1.36. The van der Waals surface area contributed by atoms with E-state index in [1.54, 1.807) is 32.9 Å². The van der Waals surface area contributed by atoms with Gasteiger partial charge in [0, 0.05) is 4.47 Å². The number of rotatable bonds is 1. The predicted octanol–water partition coefficient (Wildman–Crippen LogP) is 3.12. The van der Waals surface area contributed by atoms with Crippen molar-refractivity contribution in [3.05, 3.63) is 39.0 Å². The van der Waals surface area contributed by atoms with Crippen LogP contribution in [0.5, 0.6) is 5.75 Å². The van der Waals surface area contributed by atoms with E-state index in [9.17, 15) is 9.59 Å². The Morgan fingerprint density at radius 3 is 2.35 bits per heavy atom.